The number of benzene rings is 2. The maximum atomic E-state index is 12.1. The Morgan fingerprint density at radius 3 is 2.71 bits per heavy atom. The van der Waals surface area contributed by atoms with Crippen LogP contribution >= 0.6 is 0 Å². The zero-order chi connectivity index (χ0) is 19.7. The normalized spacial score (nSPS) is 11.1. The van der Waals surface area contributed by atoms with E-state index in [4.69, 9.17) is 13.6 Å². The van der Waals surface area contributed by atoms with Crippen LogP contribution in [0.2, 0.25) is 0 Å². The summed E-state index contributed by atoms with van der Waals surface area (Å²) in [5, 5.41) is 10.1. The fraction of sp³-hybridized carbons (Fsp3) is 0.150. The molecule has 4 rings (SSSR count). The number of fused-ring (bicyclic) bond motifs is 2. The number of hydrogen-bond acceptors (Lipinski definition) is 7. The summed E-state index contributed by atoms with van der Waals surface area (Å²) in [6.45, 7) is -0.0209. The lowest BCUT2D eigenvalue weighted by Gasteiger charge is -2.08. The van der Waals surface area contributed by atoms with Crippen molar-refractivity contribution in [3.63, 3.8) is 0 Å². The lowest BCUT2D eigenvalue weighted by atomic mass is 10.1. The van der Waals surface area contributed by atoms with Gasteiger partial charge in [-0.3, -0.25) is 9.36 Å². The number of phenolic OH excluding ortho intramolecular Hbond substituents is 1. The van der Waals surface area contributed by atoms with Crippen molar-refractivity contribution in [1.82, 2.24) is 4.57 Å². The van der Waals surface area contributed by atoms with Crippen molar-refractivity contribution in [2.45, 2.75) is 19.6 Å². The minimum absolute atomic E-state index is 0.0381. The minimum atomic E-state index is -0.611. The fourth-order valence-corrected chi connectivity index (χ4v) is 3.00. The zero-order valence-electron chi connectivity index (χ0n) is 14.6. The number of aromatic nitrogens is 1. The number of aryl methyl sites for hydroxylation is 1. The summed E-state index contributed by atoms with van der Waals surface area (Å²) in [5.74, 6) is -1.11. The summed E-state index contributed by atoms with van der Waals surface area (Å²) in [6.07, 6.45) is -0.0381. The summed E-state index contributed by atoms with van der Waals surface area (Å²) in [5.41, 5.74) is 1.11. The molecule has 8 heteroatoms. The Morgan fingerprint density at radius 1 is 1.04 bits per heavy atom. The zero-order valence-corrected chi connectivity index (χ0v) is 14.6. The Morgan fingerprint density at radius 2 is 1.86 bits per heavy atom. The maximum Gasteiger partial charge on any atom is 0.419 e. The van der Waals surface area contributed by atoms with Crippen molar-refractivity contribution in [2.24, 2.45) is 0 Å². The molecule has 0 aliphatic heterocycles. The first kappa shape index (κ1) is 17.6. The summed E-state index contributed by atoms with van der Waals surface area (Å²) in [6, 6.07) is 12.5. The number of carbonyl (C=O) groups excluding carboxylic acids is 1. The number of rotatable bonds is 5. The van der Waals surface area contributed by atoms with Crippen molar-refractivity contribution in [3.05, 3.63) is 75.1 Å². The summed E-state index contributed by atoms with van der Waals surface area (Å²) < 4.78 is 16.8. The lowest BCUT2D eigenvalue weighted by molar-refractivity contribution is -0.145. The highest BCUT2D eigenvalue weighted by Gasteiger charge is 2.13. The molecule has 2 aromatic heterocycles. The van der Waals surface area contributed by atoms with E-state index in [9.17, 15) is 19.5 Å². The molecule has 142 valence electrons. The van der Waals surface area contributed by atoms with Crippen LogP contribution in [0.5, 0.6) is 5.75 Å². The van der Waals surface area contributed by atoms with Gasteiger partial charge in [-0.25, -0.2) is 9.59 Å². The van der Waals surface area contributed by atoms with Gasteiger partial charge in [-0.05, 0) is 24.3 Å². The van der Waals surface area contributed by atoms with Gasteiger partial charge in [0.1, 0.15) is 17.9 Å². The Kier molecular flexibility index (Phi) is 4.44. The van der Waals surface area contributed by atoms with Gasteiger partial charge in [-0.2, -0.15) is 0 Å². The summed E-state index contributed by atoms with van der Waals surface area (Å²) in [7, 11) is 0. The quantitative estimate of drug-likeness (QED) is 0.418. The molecule has 0 fully saturated rings. The van der Waals surface area contributed by atoms with Crippen LogP contribution in [-0.2, 0) is 22.7 Å². The molecule has 0 unspecified atom stereocenters. The van der Waals surface area contributed by atoms with Gasteiger partial charge in [-0.1, -0.05) is 12.1 Å². The molecule has 2 heterocycles. The molecule has 8 nitrogen and oxygen atoms in total. The first-order chi connectivity index (χ1) is 13.5. The number of aromatic hydroxyl groups is 1. The largest absolute Gasteiger partial charge is 0.508 e. The van der Waals surface area contributed by atoms with Gasteiger partial charge in [0, 0.05) is 29.6 Å². The van der Waals surface area contributed by atoms with Crippen molar-refractivity contribution >= 4 is 28.0 Å². The van der Waals surface area contributed by atoms with E-state index in [-0.39, 0.29) is 30.9 Å². The van der Waals surface area contributed by atoms with Crippen molar-refractivity contribution < 1.29 is 23.5 Å². The molecule has 0 bridgehead atoms. The third-order valence-electron chi connectivity index (χ3n) is 4.32. The van der Waals surface area contributed by atoms with Crippen LogP contribution < -0.4 is 11.4 Å². The van der Waals surface area contributed by atoms with Crippen LogP contribution in [0.3, 0.4) is 0 Å². The number of nitrogens with zero attached hydrogens (tertiary/aromatic N) is 1. The van der Waals surface area contributed by atoms with Crippen LogP contribution in [0, 0.1) is 0 Å². The molecule has 0 spiro atoms. The van der Waals surface area contributed by atoms with E-state index in [0.29, 0.717) is 22.0 Å². The van der Waals surface area contributed by atoms with Gasteiger partial charge in [0.25, 0.3) is 0 Å². The number of esters is 1. The Bertz CT molecular complexity index is 1300. The molecule has 0 atom stereocenters. The number of ether oxygens (including phenoxy) is 1. The average molecular weight is 381 g/mol. The second-order valence-corrected chi connectivity index (χ2v) is 6.17. The maximum absolute atomic E-state index is 12.1. The van der Waals surface area contributed by atoms with Crippen molar-refractivity contribution in [2.75, 3.05) is 0 Å². The predicted octanol–water partition coefficient (Wildman–Crippen LogP) is 2.54. The van der Waals surface area contributed by atoms with E-state index >= 15 is 0 Å². The van der Waals surface area contributed by atoms with Gasteiger partial charge in [0.2, 0.25) is 0 Å². The molecular formula is C20H15NO7. The third kappa shape index (κ3) is 3.39. The highest BCUT2D eigenvalue weighted by Crippen LogP contribution is 2.22. The van der Waals surface area contributed by atoms with Gasteiger partial charge >= 0.3 is 17.4 Å². The standard InChI is InChI=1S/C20H15NO7/c22-13-5-6-14-12(9-19(24)27-17(14)10-13)11-26-18(23)7-8-21-15-3-1-2-4-16(15)28-20(21)25/h1-6,9-10,22H,7-8,11H2. The average Bonchev–Trinajstić information content (AvgIpc) is 2.99. The number of phenols is 1. The molecule has 1 N–H and O–H groups in total. The summed E-state index contributed by atoms with van der Waals surface area (Å²) in [4.78, 5) is 35.7. The SMILES string of the molecule is O=C(CCn1c(=O)oc2ccccc21)OCc1cc(=O)oc2cc(O)ccc12. The Labute approximate surface area is 157 Å². The van der Waals surface area contributed by atoms with E-state index in [1.165, 1.54) is 22.8 Å². The molecule has 28 heavy (non-hydrogen) atoms. The number of oxazole rings is 1. The number of hydrogen-bond donors (Lipinski definition) is 1. The molecule has 0 amide bonds. The van der Waals surface area contributed by atoms with Crippen LogP contribution in [-0.4, -0.2) is 15.6 Å². The predicted molar refractivity (Wildman–Crippen MR) is 99.0 cm³/mol. The summed E-state index contributed by atoms with van der Waals surface area (Å²) >= 11 is 0. The highest BCUT2D eigenvalue weighted by molar-refractivity contribution is 5.81. The highest BCUT2D eigenvalue weighted by atomic mass is 16.5. The molecule has 2 aromatic carbocycles. The van der Waals surface area contributed by atoms with Crippen LogP contribution in [0.25, 0.3) is 22.1 Å². The molecule has 0 saturated heterocycles. The van der Waals surface area contributed by atoms with Gasteiger partial charge < -0.3 is 18.7 Å². The van der Waals surface area contributed by atoms with Gasteiger partial charge in [0.05, 0.1) is 11.9 Å². The Hall–Kier alpha value is -3.81. The Balaban J connectivity index is 1.46. The van der Waals surface area contributed by atoms with Crippen molar-refractivity contribution in [1.29, 1.82) is 0 Å². The first-order valence-corrected chi connectivity index (χ1v) is 8.51. The minimum Gasteiger partial charge on any atom is -0.508 e. The molecule has 0 aliphatic carbocycles. The lowest BCUT2D eigenvalue weighted by Crippen LogP contribution is -2.17. The molecule has 0 radical (unpaired) electrons. The van der Waals surface area contributed by atoms with Crippen molar-refractivity contribution in [3.8, 4) is 5.75 Å². The van der Waals surface area contributed by atoms with Crippen LogP contribution in [0.1, 0.15) is 12.0 Å². The smallest absolute Gasteiger partial charge is 0.419 e. The van der Waals surface area contributed by atoms with E-state index in [1.54, 1.807) is 30.3 Å². The third-order valence-corrected chi connectivity index (χ3v) is 4.32. The molecule has 0 saturated carbocycles. The van der Waals surface area contributed by atoms with E-state index in [0.717, 1.165) is 0 Å². The molecule has 4 aromatic rings. The monoisotopic (exact) mass is 381 g/mol. The number of carbonyl (C=O) groups is 1. The van der Waals surface area contributed by atoms with E-state index in [1.807, 2.05) is 0 Å². The fourth-order valence-electron chi connectivity index (χ4n) is 3.00. The van der Waals surface area contributed by atoms with Crippen LogP contribution in [0.15, 0.2) is 67.0 Å². The van der Waals surface area contributed by atoms with E-state index in [2.05, 4.69) is 0 Å². The second-order valence-electron chi connectivity index (χ2n) is 6.17. The van der Waals surface area contributed by atoms with Gasteiger partial charge in [0.15, 0.2) is 5.58 Å². The topological polar surface area (TPSA) is 112 Å². The van der Waals surface area contributed by atoms with Gasteiger partial charge in [-0.15, -0.1) is 0 Å². The van der Waals surface area contributed by atoms with Crippen LogP contribution in [0.4, 0.5) is 0 Å². The van der Waals surface area contributed by atoms with E-state index < -0.39 is 17.4 Å². The molecular weight excluding hydrogens is 366 g/mol. The second kappa shape index (κ2) is 7.07. The first-order valence-electron chi connectivity index (χ1n) is 8.51. The number of para-hydroxylation sites is 2. The molecule has 0 aliphatic rings.